The van der Waals surface area contributed by atoms with Gasteiger partial charge in [0.25, 0.3) is 0 Å². The highest BCUT2D eigenvalue weighted by molar-refractivity contribution is 6.34. The number of hydrogen-bond donors (Lipinski definition) is 0. The van der Waals surface area contributed by atoms with Crippen LogP contribution >= 0.6 is 11.6 Å². The summed E-state index contributed by atoms with van der Waals surface area (Å²) in [5.41, 5.74) is 0.339. The number of halogens is 1. The van der Waals surface area contributed by atoms with Crippen LogP contribution in [0.2, 0.25) is 5.02 Å². The van der Waals surface area contributed by atoms with E-state index in [1.165, 1.54) is 6.42 Å². The van der Waals surface area contributed by atoms with Crippen molar-refractivity contribution in [1.29, 1.82) is 5.26 Å². The number of pyridine rings is 1. The zero-order valence-electron chi connectivity index (χ0n) is 12.8. The third kappa shape index (κ3) is 2.11. The smallest absolute Gasteiger partial charge is 0.224 e. The van der Waals surface area contributed by atoms with Crippen LogP contribution in [0.15, 0.2) is 16.7 Å². The third-order valence-corrected chi connectivity index (χ3v) is 5.49. The summed E-state index contributed by atoms with van der Waals surface area (Å²) in [6.07, 6.45) is 4.97. The molecule has 1 aliphatic carbocycles. The van der Waals surface area contributed by atoms with Gasteiger partial charge in [0.05, 0.1) is 11.0 Å². The van der Waals surface area contributed by atoms with Gasteiger partial charge in [0, 0.05) is 26.2 Å². The van der Waals surface area contributed by atoms with Crippen LogP contribution in [0.3, 0.4) is 0 Å². The van der Waals surface area contributed by atoms with E-state index in [0.717, 1.165) is 31.8 Å². The van der Waals surface area contributed by atoms with Crippen molar-refractivity contribution < 1.29 is 4.42 Å². The summed E-state index contributed by atoms with van der Waals surface area (Å²) in [6.45, 7) is 3.42. The van der Waals surface area contributed by atoms with Crippen molar-refractivity contribution in [3.05, 3.63) is 34.6 Å². The van der Waals surface area contributed by atoms with Crippen LogP contribution in [0.5, 0.6) is 0 Å². The predicted molar refractivity (Wildman–Crippen MR) is 84.2 cm³/mol. The molecule has 1 saturated heterocycles. The Morgan fingerprint density at radius 3 is 3.09 bits per heavy atom. The van der Waals surface area contributed by atoms with Crippen LogP contribution in [-0.4, -0.2) is 28.3 Å². The molecule has 0 spiro atoms. The number of aromatic nitrogens is 3. The minimum absolute atomic E-state index is 0.116. The van der Waals surface area contributed by atoms with Crippen molar-refractivity contribution in [3.63, 3.8) is 0 Å². The van der Waals surface area contributed by atoms with Crippen molar-refractivity contribution >= 4 is 17.4 Å². The summed E-state index contributed by atoms with van der Waals surface area (Å²) in [5, 5.41) is 17.9. The molecule has 0 N–H and O–H groups in total. The highest BCUT2D eigenvalue weighted by Crippen LogP contribution is 2.51. The number of hydrogen-bond acceptors (Lipinski definition) is 6. The number of nitriles is 1. The monoisotopic (exact) mass is 329 g/mol. The van der Waals surface area contributed by atoms with Crippen LogP contribution in [-0.2, 0) is 5.41 Å². The molecule has 118 valence electrons. The number of aryl methyl sites for hydroxylation is 1. The summed E-state index contributed by atoms with van der Waals surface area (Å²) in [4.78, 5) is 6.56. The molecule has 0 aromatic carbocycles. The highest BCUT2D eigenvalue weighted by Gasteiger charge is 2.54. The van der Waals surface area contributed by atoms with E-state index in [9.17, 15) is 0 Å². The van der Waals surface area contributed by atoms with Gasteiger partial charge in [-0.15, -0.1) is 10.2 Å². The zero-order valence-corrected chi connectivity index (χ0v) is 13.5. The number of anilines is 1. The molecule has 4 rings (SSSR count). The van der Waals surface area contributed by atoms with Gasteiger partial charge in [-0.2, -0.15) is 5.26 Å². The van der Waals surface area contributed by atoms with Gasteiger partial charge >= 0.3 is 0 Å². The first-order valence-corrected chi connectivity index (χ1v) is 8.12. The van der Waals surface area contributed by atoms with Crippen molar-refractivity contribution in [2.75, 3.05) is 18.0 Å². The Kier molecular flexibility index (Phi) is 3.27. The Morgan fingerprint density at radius 2 is 2.35 bits per heavy atom. The largest absolute Gasteiger partial charge is 0.425 e. The second kappa shape index (κ2) is 5.20. The topological polar surface area (TPSA) is 78.8 Å². The Balaban J connectivity index is 1.72. The van der Waals surface area contributed by atoms with E-state index in [1.807, 2.05) is 6.92 Å². The molecule has 2 aliphatic rings. The lowest BCUT2D eigenvalue weighted by Crippen LogP contribution is -2.32. The van der Waals surface area contributed by atoms with Crippen LogP contribution < -0.4 is 4.90 Å². The lowest BCUT2D eigenvalue weighted by molar-refractivity contribution is 0.299. The van der Waals surface area contributed by atoms with Gasteiger partial charge in [-0.1, -0.05) is 18.0 Å². The molecule has 3 heterocycles. The fraction of sp³-hybridized carbons (Fsp3) is 0.500. The van der Waals surface area contributed by atoms with E-state index in [0.29, 0.717) is 28.2 Å². The van der Waals surface area contributed by atoms with Crippen molar-refractivity contribution in [2.24, 2.45) is 5.92 Å². The van der Waals surface area contributed by atoms with Gasteiger partial charge in [-0.05, 0) is 24.8 Å². The van der Waals surface area contributed by atoms with Gasteiger partial charge in [0.15, 0.2) is 0 Å². The molecular weight excluding hydrogens is 314 g/mol. The second-order valence-corrected chi connectivity index (χ2v) is 6.74. The first kappa shape index (κ1) is 14.5. The number of nitrogens with zero attached hydrogens (tertiary/aromatic N) is 5. The number of rotatable bonds is 2. The Hall–Kier alpha value is -2.13. The molecule has 1 aliphatic heterocycles. The van der Waals surface area contributed by atoms with Crippen LogP contribution in [0, 0.1) is 24.2 Å². The lowest BCUT2D eigenvalue weighted by atomic mass is 9.80. The average Bonchev–Trinajstić information content (AvgIpc) is 3.21. The molecule has 6 nitrogen and oxygen atoms in total. The van der Waals surface area contributed by atoms with Crippen molar-refractivity contribution in [3.8, 4) is 6.07 Å². The fourth-order valence-electron chi connectivity index (χ4n) is 4.04. The maximum absolute atomic E-state index is 9.16. The van der Waals surface area contributed by atoms with E-state index in [1.54, 1.807) is 12.3 Å². The minimum Gasteiger partial charge on any atom is -0.425 e. The molecule has 0 unspecified atom stereocenters. The van der Waals surface area contributed by atoms with Crippen LogP contribution in [0.25, 0.3) is 0 Å². The van der Waals surface area contributed by atoms with Gasteiger partial charge in [-0.3, -0.25) is 0 Å². The molecule has 23 heavy (non-hydrogen) atoms. The molecule has 2 atom stereocenters. The Bertz CT molecular complexity index is 798. The van der Waals surface area contributed by atoms with Gasteiger partial charge in [0.1, 0.15) is 16.9 Å². The maximum atomic E-state index is 9.16. The predicted octanol–water partition coefficient (Wildman–Crippen LogP) is 2.86. The Morgan fingerprint density at radius 1 is 1.48 bits per heavy atom. The van der Waals surface area contributed by atoms with Crippen molar-refractivity contribution in [1.82, 2.24) is 15.2 Å². The fourth-order valence-corrected chi connectivity index (χ4v) is 4.31. The molecule has 1 saturated carbocycles. The molecule has 2 fully saturated rings. The standard InChI is InChI=1S/C16H16ClN5O/c1-10-20-21-15(23-10)16-5-2-3-12(16)8-22(9-16)14-13(17)11(7-18)4-6-19-14/h4,6,12H,2-3,5,8-9H2,1H3/t12-,16-/m0/s1. The maximum Gasteiger partial charge on any atom is 0.224 e. The van der Waals surface area contributed by atoms with Gasteiger partial charge < -0.3 is 9.32 Å². The van der Waals surface area contributed by atoms with Gasteiger partial charge in [0.2, 0.25) is 11.8 Å². The van der Waals surface area contributed by atoms with E-state index in [2.05, 4.69) is 26.2 Å². The van der Waals surface area contributed by atoms with Crippen LogP contribution in [0.1, 0.15) is 36.6 Å². The number of fused-ring (bicyclic) bond motifs is 1. The first-order valence-electron chi connectivity index (χ1n) is 7.74. The molecule has 2 aromatic rings. The van der Waals surface area contributed by atoms with Crippen molar-refractivity contribution in [2.45, 2.75) is 31.6 Å². The lowest BCUT2D eigenvalue weighted by Gasteiger charge is -2.25. The van der Waals surface area contributed by atoms with E-state index in [-0.39, 0.29) is 5.41 Å². The highest BCUT2D eigenvalue weighted by atomic mass is 35.5. The molecule has 2 aromatic heterocycles. The normalized spacial score (nSPS) is 26.3. The Labute approximate surface area is 139 Å². The third-order valence-electron chi connectivity index (χ3n) is 5.11. The van der Waals surface area contributed by atoms with E-state index < -0.39 is 0 Å². The van der Waals surface area contributed by atoms with E-state index >= 15 is 0 Å². The molecule has 0 bridgehead atoms. The molecule has 7 heteroatoms. The molecular formula is C16H16ClN5O. The second-order valence-electron chi connectivity index (χ2n) is 6.36. The van der Waals surface area contributed by atoms with Gasteiger partial charge in [-0.25, -0.2) is 4.98 Å². The summed E-state index contributed by atoms with van der Waals surface area (Å²) < 4.78 is 5.78. The van der Waals surface area contributed by atoms with Crippen LogP contribution in [0.4, 0.5) is 5.82 Å². The summed E-state index contributed by atoms with van der Waals surface area (Å²) >= 11 is 6.36. The summed E-state index contributed by atoms with van der Waals surface area (Å²) in [7, 11) is 0. The summed E-state index contributed by atoms with van der Waals surface area (Å²) in [5.74, 6) is 2.45. The minimum atomic E-state index is -0.116. The SMILES string of the molecule is Cc1nnc([C@]23CCC[C@H]2CN(c2nccc(C#N)c2Cl)C3)o1. The quantitative estimate of drug-likeness (QED) is 0.843. The average molecular weight is 330 g/mol. The summed E-state index contributed by atoms with van der Waals surface area (Å²) in [6, 6.07) is 3.75. The molecule has 0 radical (unpaired) electrons. The first-order chi connectivity index (χ1) is 11.1. The zero-order chi connectivity index (χ0) is 16.0. The molecule has 0 amide bonds. The van der Waals surface area contributed by atoms with E-state index in [4.69, 9.17) is 21.3 Å².